The molecule has 2 heterocycles. The van der Waals surface area contributed by atoms with Gasteiger partial charge >= 0.3 is 0 Å². The van der Waals surface area contributed by atoms with E-state index in [9.17, 15) is 14.4 Å². The Balaban J connectivity index is 1.54. The van der Waals surface area contributed by atoms with Crippen LogP contribution in [-0.4, -0.2) is 34.8 Å². The Morgan fingerprint density at radius 3 is 2.57 bits per heavy atom. The number of fused-ring (bicyclic) bond motifs is 1. The van der Waals surface area contributed by atoms with Gasteiger partial charge in [0, 0.05) is 23.5 Å². The van der Waals surface area contributed by atoms with Crippen molar-refractivity contribution in [2.75, 3.05) is 17.3 Å². The molecule has 0 saturated heterocycles. The Kier molecular flexibility index (Phi) is 4.29. The van der Waals surface area contributed by atoms with Crippen LogP contribution in [-0.2, 0) is 0 Å². The first kappa shape index (κ1) is 17.3. The number of hydrogen-bond acceptors (Lipinski definition) is 6. The third kappa shape index (κ3) is 2.96. The van der Waals surface area contributed by atoms with E-state index < -0.39 is 11.8 Å². The van der Waals surface area contributed by atoms with Crippen LogP contribution in [0.4, 0.5) is 11.4 Å². The lowest BCUT2D eigenvalue weighted by molar-refractivity contribution is 0.0924. The van der Waals surface area contributed by atoms with Crippen molar-refractivity contribution in [2.45, 2.75) is 0 Å². The molecule has 0 saturated carbocycles. The van der Waals surface area contributed by atoms with Crippen molar-refractivity contribution in [1.29, 1.82) is 0 Å². The monoisotopic (exact) mass is 374 g/mol. The number of hydrogen-bond donors (Lipinski definition) is 1. The minimum Gasteiger partial charge on any atom is -0.497 e. The lowest BCUT2D eigenvalue weighted by Crippen LogP contribution is -2.29. The maximum atomic E-state index is 12.5. The lowest BCUT2D eigenvalue weighted by Gasteiger charge is -2.14. The van der Waals surface area contributed by atoms with Crippen molar-refractivity contribution in [3.8, 4) is 5.75 Å². The zero-order valence-corrected chi connectivity index (χ0v) is 14.7. The molecular weight excluding hydrogens is 360 g/mol. The lowest BCUT2D eigenvalue weighted by atomic mass is 10.1. The van der Waals surface area contributed by atoms with Gasteiger partial charge in [-0.3, -0.25) is 14.4 Å². The van der Waals surface area contributed by atoms with Gasteiger partial charge in [-0.15, -0.1) is 0 Å². The quantitative estimate of drug-likeness (QED) is 0.704. The normalized spacial score (nSPS) is 12.7. The molecule has 1 aromatic heterocycles. The number of nitrogens with zero attached hydrogens (tertiary/aromatic N) is 3. The van der Waals surface area contributed by atoms with Gasteiger partial charge in [0.2, 0.25) is 0 Å². The molecule has 1 N–H and O–H groups in total. The third-order valence-corrected chi connectivity index (χ3v) is 4.27. The minimum atomic E-state index is -0.518. The van der Waals surface area contributed by atoms with Crippen molar-refractivity contribution in [3.63, 3.8) is 0 Å². The van der Waals surface area contributed by atoms with Gasteiger partial charge in [0.1, 0.15) is 17.8 Å². The molecule has 0 spiro atoms. The number of anilines is 2. The van der Waals surface area contributed by atoms with Gasteiger partial charge in [-0.05, 0) is 36.4 Å². The van der Waals surface area contributed by atoms with Gasteiger partial charge < -0.3 is 10.1 Å². The summed E-state index contributed by atoms with van der Waals surface area (Å²) in [5.41, 5.74) is 1.55. The molecule has 0 unspecified atom stereocenters. The van der Waals surface area contributed by atoms with Crippen molar-refractivity contribution in [2.24, 2.45) is 0 Å². The number of aromatic nitrogens is 2. The summed E-state index contributed by atoms with van der Waals surface area (Å²) in [5.74, 6) is -0.708. The van der Waals surface area contributed by atoms with E-state index in [1.54, 1.807) is 43.5 Å². The number of nitrogens with one attached hydrogen (secondary N) is 1. The zero-order valence-electron chi connectivity index (χ0n) is 14.7. The fourth-order valence-electron chi connectivity index (χ4n) is 2.88. The average Bonchev–Trinajstić information content (AvgIpc) is 2.99. The maximum Gasteiger partial charge on any atom is 0.284 e. The second-order valence-electron chi connectivity index (χ2n) is 5.96. The van der Waals surface area contributed by atoms with E-state index in [1.165, 1.54) is 24.7 Å². The SMILES string of the molecule is COc1cccc(NC(=O)c2ccc(N3C(=O)c4cncnc4C3=O)cc2)c1. The molecule has 1 aliphatic rings. The van der Waals surface area contributed by atoms with E-state index >= 15 is 0 Å². The fraction of sp³-hybridized carbons (Fsp3) is 0.0500. The van der Waals surface area contributed by atoms with Crippen LogP contribution in [0.15, 0.2) is 61.1 Å². The van der Waals surface area contributed by atoms with Crippen molar-refractivity contribution in [3.05, 3.63) is 77.9 Å². The van der Waals surface area contributed by atoms with Crippen LogP contribution in [0.1, 0.15) is 31.2 Å². The van der Waals surface area contributed by atoms with Crippen molar-refractivity contribution < 1.29 is 19.1 Å². The smallest absolute Gasteiger partial charge is 0.284 e. The molecule has 1 aliphatic heterocycles. The first-order chi connectivity index (χ1) is 13.6. The topological polar surface area (TPSA) is 101 Å². The summed E-state index contributed by atoms with van der Waals surface area (Å²) in [4.78, 5) is 46.0. The van der Waals surface area contributed by atoms with Gasteiger partial charge in [0.15, 0.2) is 0 Å². The highest BCUT2D eigenvalue weighted by Gasteiger charge is 2.38. The summed E-state index contributed by atoms with van der Waals surface area (Å²) in [7, 11) is 1.55. The standard InChI is InChI=1S/C20H14N4O4/c1-28-15-4-2-3-13(9-15)23-18(25)12-5-7-14(8-6-12)24-19(26)16-10-21-11-22-17(16)20(24)27/h2-11H,1H3,(H,23,25). The first-order valence-electron chi connectivity index (χ1n) is 8.33. The molecule has 8 heteroatoms. The summed E-state index contributed by atoms with van der Waals surface area (Å²) in [6.45, 7) is 0. The maximum absolute atomic E-state index is 12.5. The Hall–Kier alpha value is -4.07. The number of ether oxygens (including phenoxy) is 1. The number of methoxy groups -OCH3 is 1. The van der Waals surface area contributed by atoms with Crippen LogP contribution in [0.5, 0.6) is 5.75 Å². The molecular formula is C20H14N4O4. The Morgan fingerprint density at radius 1 is 1.07 bits per heavy atom. The number of carbonyl (C=O) groups excluding carboxylic acids is 3. The highest BCUT2D eigenvalue weighted by Crippen LogP contribution is 2.27. The van der Waals surface area contributed by atoms with E-state index in [-0.39, 0.29) is 17.2 Å². The largest absolute Gasteiger partial charge is 0.497 e. The van der Waals surface area contributed by atoms with Crippen molar-refractivity contribution >= 4 is 29.1 Å². The molecule has 4 rings (SSSR count). The molecule has 8 nitrogen and oxygen atoms in total. The van der Waals surface area contributed by atoms with Crippen LogP contribution >= 0.6 is 0 Å². The Morgan fingerprint density at radius 2 is 1.86 bits per heavy atom. The molecule has 3 amide bonds. The highest BCUT2D eigenvalue weighted by molar-refractivity contribution is 6.33. The number of imide groups is 1. The second kappa shape index (κ2) is 6.92. The highest BCUT2D eigenvalue weighted by atomic mass is 16.5. The predicted molar refractivity (Wildman–Crippen MR) is 101 cm³/mol. The summed E-state index contributed by atoms with van der Waals surface area (Å²) < 4.78 is 5.13. The number of rotatable bonds is 4. The van der Waals surface area contributed by atoms with Gasteiger partial charge in [0.25, 0.3) is 17.7 Å². The number of benzene rings is 2. The van der Waals surface area contributed by atoms with Crippen molar-refractivity contribution in [1.82, 2.24) is 9.97 Å². The van der Waals surface area contributed by atoms with E-state index in [0.717, 1.165) is 4.90 Å². The minimum absolute atomic E-state index is 0.0693. The fourth-order valence-corrected chi connectivity index (χ4v) is 2.88. The van der Waals surface area contributed by atoms with Gasteiger partial charge in [0.05, 0.1) is 18.4 Å². The first-order valence-corrected chi connectivity index (χ1v) is 8.33. The molecule has 138 valence electrons. The Bertz CT molecular complexity index is 1060. The average molecular weight is 374 g/mol. The molecule has 0 aliphatic carbocycles. The van der Waals surface area contributed by atoms with E-state index in [4.69, 9.17) is 4.74 Å². The van der Waals surface area contributed by atoms with E-state index in [2.05, 4.69) is 15.3 Å². The summed E-state index contributed by atoms with van der Waals surface area (Å²) in [5, 5.41) is 2.77. The summed E-state index contributed by atoms with van der Waals surface area (Å²) in [6, 6.07) is 13.1. The van der Waals surface area contributed by atoms with Gasteiger partial charge in [-0.1, -0.05) is 6.07 Å². The third-order valence-electron chi connectivity index (χ3n) is 4.27. The number of carbonyl (C=O) groups is 3. The van der Waals surface area contributed by atoms with E-state index in [1.807, 2.05) is 0 Å². The van der Waals surface area contributed by atoms with Gasteiger partial charge in [-0.25, -0.2) is 14.9 Å². The van der Waals surface area contributed by atoms with Gasteiger partial charge in [-0.2, -0.15) is 0 Å². The molecule has 2 aromatic carbocycles. The van der Waals surface area contributed by atoms with E-state index in [0.29, 0.717) is 22.7 Å². The Labute approximate surface area is 159 Å². The second-order valence-corrected chi connectivity index (χ2v) is 5.96. The molecule has 0 radical (unpaired) electrons. The zero-order chi connectivity index (χ0) is 19.7. The number of amides is 3. The van der Waals surface area contributed by atoms with Crippen LogP contribution in [0, 0.1) is 0 Å². The molecule has 28 heavy (non-hydrogen) atoms. The van der Waals surface area contributed by atoms with Crippen LogP contribution < -0.4 is 15.0 Å². The molecule has 3 aromatic rings. The summed E-state index contributed by atoms with van der Waals surface area (Å²) in [6.07, 6.45) is 2.54. The predicted octanol–water partition coefficient (Wildman–Crippen LogP) is 2.54. The molecule has 0 atom stereocenters. The summed E-state index contributed by atoms with van der Waals surface area (Å²) >= 11 is 0. The molecule has 0 fully saturated rings. The molecule has 0 bridgehead atoms. The van der Waals surface area contributed by atoms with Crippen LogP contribution in [0.2, 0.25) is 0 Å². The van der Waals surface area contributed by atoms with Crippen LogP contribution in [0.25, 0.3) is 0 Å². The van der Waals surface area contributed by atoms with Crippen LogP contribution in [0.3, 0.4) is 0 Å².